The second-order valence-corrected chi connectivity index (χ2v) is 8.13. The van der Waals surface area contributed by atoms with Crippen molar-refractivity contribution in [1.82, 2.24) is 19.8 Å². The van der Waals surface area contributed by atoms with Gasteiger partial charge in [0.25, 0.3) is 11.5 Å². The minimum Gasteiger partial charge on any atom is -0.342 e. The lowest BCUT2D eigenvalue weighted by atomic mass is 9.73. The van der Waals surface area contributed by atoms with Crippen LogP contribution in [0.2, 0.25) is 0 Å². The van der Waals surface area contributed by atoms with Gasteiger partial charge < -0.3 is 14.8 Å². The molecule has 0 aliphatic carbocycles. The topological polar surface area (TPSA) is 86.4 Å². The first-order chi connectivity index (χ1) is 14.1. The number of H-pyrrole nitrogens is 1. The van der Waals surface area contributed by atoms with E-state index in [0.717, 1.165) is 31.4 Å². The fraction of sp³-hybridized carbons (Fsp3) is 0.455. The molecular weight excluding hydrogens is 368 g/mol. The second-order valence-electron chi connectivity index (χ2n) is 8.13. The Morgan fingerprint density at radius 3 is 2.83 bits per heavy atom. The minimum absolute atomic E-state index is 0.0898. The van der Waals surface area contributed by atoms with E-state index in [1.165, 1.54) is 6.20 Å². The molecular formula is C22H26N4O3. The Balaban J connectivity index is 1.45. The van der Waals surface area contributed by atoms with Crippen LogP contribution in [-0.2, 0) is 11.2 Å². The number of piperidine rings is 2. The van der Waals surface area contributed by atoms with E-state index < -0.39 is 0 Å². The first-order valence-corrected chi connectivity index (χ1v) is 10.2. The Morgan fingerprint density at radius 1 is 1.14 bits per heavy atom. The number of rotatable bonds is 4. The molecule has 152 valence electrons. The van der Waals surface area contributed by atoms with E-state index >= 15 is 0 Å². The lowest BCUT2D eigenvalue weighted by molar-refractivity contribution is -0.138. The van der Waals surface area contributed by atoms with Crippen molar-refractivity contribution in [3.63, 3.8) is 0 Å². The summed E-state index contributed by atoms with van der Waals surface area (Å²) < 4.78 is 0. The molecule has 7 nitrogen and oxygen atoms in total. The summed E-state index contributed by atoms with van der Waals surface area (Å²) in [7, 11) is 0. The van der Waals surface area contributed by atoms with E-state index in [2.05, 4.69) is 9.97 Å². The third-order valence-electron chi connectivity index (χ3n) is 6.11. The summed E-state index contributed by atoms with van der Waals surface area (Å²) in [6.07, 6.45) is 7.21. The third-order valence-corrected chi connectivity index (χ3v) is 6.11. The van der Waals surface area contributed by atoms with E-state index in [9.17, 15) is 14.4 Å². The number of aromatic nitrogens is 2. The van der Waals surface area contributed by atoms with Crippen LogP contribution in [0, 0.1) is 5.41 Å². The number of hydrogen-bond acceptors (Lipinski definition) is 4. The van der Waals surface area contributed by atoms with Crippen LogP contribution in [0.25, 0.3) is 0 Å². The highest BCUT2D eigenvalue weighted by molar-refractivity contribution is 5.94. The van der Waals surface area contributed by atoms with Crippen LogP contribution < -0.4 is 5.56 Å². The first-order valence-electron chi connectivity index (χ1n) is 10.2. The molecule has 1 N–H and O–H groups in total. The Morgan fingerprint density at radius 2 is 2.03 bits per heavy atom. The predicted octanol–water partition coefficient (Wildman–Crippen LogP) is 1.86. The zero-order valence-electron chi connectivity index (χ0n) is 16.5. The maximum absolute atomic E-state index is 12.9. The number of nitrogens with zero attached hydrogens (tertiary/aromatic N) is 3. The molecule has 7 heteroatoms. The Hall–Kier alpha value is -2.96. The van der Waals surface area contributed by atoms with Crippen LogP contribution >= 0.6 is 0 Å². The van der Waals surface area contributed by atoms with Gasteiger partial charge in [0, 0.05) is 62.5 Å². The van der Waals surface area contributed by atoms with E-state index in [0.29, 0.717) is 32.6 Å². The summed E-state index contributed by atoms with van der Waals surface area (Å²) in [4.78, 5) is 48.1. The molecule has 0 radical (unpaired) electrons. The Labute approximate surface area is 169 Å². The monoisotopic (exact) mass is 394 g/mol. The molecule has 0 aromatic carbocycles. The van der Waals surface area contributed by atoms with Crippen molar-refractivity contribution in [1.29, 1.82) is 0 Å². The number of aromatic amines is 1. The molecule has 2 aliphatic rings. The molecule has 4 rings (SSSR count). The zero-order chi connectivity index (χ0) is 20.3. The van der Waals surface area contributed by atoms with Gasteiger partial charge in [-0.1, -0.05) is 6.07 Å². The molecule has 4 heterocycles. The van der Waals surface area contributed by atoms with E-state index in [1.54, 1.807) is 23.2 Å². The zero-order valence-corrected chi connectivity index (χ0v) is 16.5. The van der Waals surface area contributed by atoms with Gasteiger partial charge in [0.2, 0.25) is 5.91 Å². The number of hydrogen-bond donors (Lipinski definition) is 1. The summed E-state index contributed by atoms with van der Waals surface area (Å²) in [5.41, 5.74) is 0.716. The van der Waals surface area contributed by atoms with Crippen LogP contribution in [0.3, 0.4) is 0 Å². The predicted molar refractivity (Wildman–Crippen MR) is 108 cm³/mol. The SMILES string of the molecule is O=C1CC[C@]2(CCCN(C(=O)c3ccc[nH]c3=O)C2)CN1CCc1ccccn1. The highest BCUT2D eigenvalue weighted by Crippen LogP contribution is 2.39. The highest BCUT2D eigenvalue weighted by Gasteiger charge is 2.42. The van der Waals surface area contributed by atoms with Crippen molar-refractivity contribution in [3.05, 3.63) is 64.3 Å². The molecule has 2 saturated heterocycles. The van der Waals surface area contributed by atoms with Crippen molar-refractivity contribution >= 4 is 11.8 Å². The average Bonchev–Trinajstić information content (AvgIpc) is 2.75. The quantitative estimate of drug-likeness (QED) is 0.858. The molecule has 0 saturated carbocycles. The summed E-state index contributed by atoms with van der Waals surface area (Å²) >= 11 is 0. The summed E-state index contributed by atoms with van der Waals surface area (Å²) in [5, 5.41) is 0. The molecule has 29 heavy (non-hydrogen) atoms. The van der Waals surface area contributed by atoms with Gasteiger partial charge in [0.05, 0.1) is 0 Å². The van der Waals surface area contributed by atoms with Crippen LogP contribution in [0.1, 0.15) is 41.7 Å². The molecule has 1 spiro atoms. The number of carbonyl (C=O) groups excluding carboxylic acids is 2. The molecule has 2 aromatic rings. The van der Waals surface area contributed by atoms with Crippen molar-refractivity contribution in [2.75, 3.05) is 26.2 Å². The van der Waals surface area contributed by atoms with Crippen LogP contribution in [0.4, 0.5) is 0 Å². The molecule has 0 unspecified atom stereocenters. The standard InChI is InChI=1S/C22H26N4O3/c27-19-7-10-22(15-25(19)14-8-17-5-1-2-11-23-17)9-4-13-26(16-22)21(29)18-6-3-12-24-20(18)28/h1-3,5-6,11-12H,4,7-10,13-16H2,(H,24,28)/t22-/m1/s1. The average molecular weight is 394 g/mol. The number of likely N-dealkylation sites (tertiary alicyclic amines) is 2. The van der Waals surface area contributed by atoms with Crippen molar-refractivity contribution in [3.8, 4) is 0 Å². The largest absolute Gasteiger partial charge is 0.342 e. The number of pyridine rings is 2. The van der Waals surface area contributed by atoms with E-state index in [4.69, 9.17) is 0 Å². The molecule has 2 fully saturated rings. The molecule has 2 amide bonds. The number of carbonyl (C=O) groups is 2. The van der Waals surface area contributed by atoms with Gasteiger partial charge >= 0.3 is 0 Å². The number of nitrogens with one attached hydrogen (secondary N) is 1. The van der Waals surface area contributed by atoms with Gasteiger partial charge in [-0.3, -0.25) is 19.4 Å². The maximum Gasteiger partial charge on any atom is 0.260 e. The lowest BCUT2D eigenvalue weighted by Crippen LogP contribution is -2.55. The lowest BCUT2D eigenvalue weighted by Gasteiger charge is -2.48. The second kappa shape index (κ2) is 8.19. The highest BCUT2D eigenvalue weighted by atomic mass is 16.2. The maximum atomic E-state index is 12.9. The fourth-order valence-electron chi connectivity index (χ4n) is 4.58. The summed E-state index contributed by atoms with van der Waals surface area (Å²) in [6, 6.07) is 9.06. The van der Waals surface area contributed by atoms with Gasteiger partial charge in [-0.15, -0.1) is 0 Å². The smallest absolute Gasteiger partial charge is 0.260 e. The van der Waals surface area contributed by atoms with Crippen LogP contribution in [-0.4, -0.2) is 57.8 Å². The van der Waals surface area contributed by atoms with Gasteiger partial charge in [0.15, 0.2) is 0 Å². The van der Waals surface area contributed by atoms with E-state index in [-0.39, 0.29) is 28.4 Å². The Kier molecular flexibility index (Phi) is 5.47. The minimum atomic E-state index is -0.354. The van der Waals surface area contributed by atoms with Gasteiger partial charge in [-0.05, 0) is 43.5 Å². The van der Waals surface area contributed by atoms with Gasteiger partial charge in [-0.2, -0.15) is 0 Å². The van der Waals surface area contributed by atoms with Crippen LogP contribution in [0.15, 0.2) is 47.5 Å². The van der Waals surface area contributed by atoms with Crippen molar-refractivity contribution < 1.29 is 9.59 Å². The molecule has 2 aromatic heterocycles. The third kappa shape index (κ3) is 4.23. The molecule has 2 aliphatic heterocycles. The van der Waals surface area contributed by atoms with Crippen LogP contribution in [0.5, 0.6) is 0 Å². The fourth-order valence-corrected chi connectivity index (χ4v) is 4.58. The summed E-state index contributed by atoms with van der Waals surface area (Å²) in [5.74, 6) is -0.0441. The van der Waals surface area contributed by atoms with Gasteiger partial charge in [-0.25, -0.2) is 0 Å². The van der Waals surface area contributed by atoms with E-state index in [1.807, 2.05) is 23.1 Å². The number of amides is 2. The normalized spacial score (nSPS) is 22.1. The molecule has 1 atom stereocenters. The first kappa shape index (κ1) is 19.4. The molecule has 0 bridgehead atoms. The van der Waals surface area contributed by atoms with Crippen molar-refractivity contribution in [2.24, 2.45) is 5.41 Å². The van der Waals surface area contributed by atoms with Crippen molar-refractivity contribution in [2.45, 2.75) is 32.1 Å². The summed E-state index contributed by atoms with van der Waals surface area (Å²) in [6.45, 7) is 2.54. The van der Waals surface area contributed by atoms with Gasteiger partial charge in [0.1, 0.15) is 5.56 Å². The Bertz CT molecular complexity index is 942.